The highest BCUT2D eigenvalue weighted by Crippen LogP contribution is 2.53. The highest BCUT2D eigenvalue weighted by Gasteiger charge is 2.48. The Labute approximate surface area is 180 Å². The van der Waals surface area contributed by atoms with E-state index < -0.39 is 5.97 Å². The lowest BCUT2D eigenvalue weighted by molar-refractivity contribution is -0.143. The molecule has 1 spiro atoms. The molecule has 0 bridgehead atoms. The van der Waals surface area contributed by atoms with E-state index in [1.54, 1.807) is 6.92 Å². The van der Waals surface area contributed by atoms with E-state index in [9.17, 15) is 9.59 Å². The number of ether oxygens (including phenoxy) is 1. The molecule has 0 unspecified atom stereocenters. The molecule has 0 radical (unpaired) electrons. The Balaban J connectivity index is 1.53. The van der Waals surface area contributed by atoms with Crippen LogP contribution in [0.1, 0.15) is 49.0 Å². The molecule has 29 heavy (non-hydrogen) atoms. The molecule has 1 saturated carbocycles. The number of halogens is 1. The molecule has 2 aliphatic rings. The van der Waals surface area contributed by atoms with Gasteiger partial charge >= 0.3 is 10.8 Å². The Morgan fingerprint density at radius 3 is 2.69 bits per heavy atom. The summed E-state index contributed by atoms with van der Waals surface area (Å²) in [6.45, 7) is 4.57. The van der Waals surface area contributed by atoms with Crippen molar-refractivity contribution < 1.29 is 9.53 Å². The third kappa shape index (κ3) is 4.16. The molecule has 1 aromatic heterocycles. The van der Waals surface area contributed by atoms with Crippen LogP contribution in [0.2, 0.25) is 5.15 Å². The van der Waals surface area contributed by atoms with E-state index >= 15 is 0 Å². The van der Waals surface area contributed by atoms with Crippen molar-refractivity contribution in [2.75, 3.05) is 19.7 Å². The molecule has 0 amide bonds. The summed E-state index contributed by atoms with van der Waals surface area (Å²) in [7, 11) is 0. The second-order valence-corrected chi connectivity index (χ2v) is 9.58. The quantitative estimate of drug-likeness (QED) is 0.636. The lowest BCUT2D eigenvalue weighted by atomic mass is 9.73. The summed E-state index contributed by atoms with van der Waals surface area (Å²) < 4.78 is 6.29. The zero-order valence-corrected chi connectivity index (χ0v) is 18.3. The van der Waals surface area contributed by atoms with Crippen molar-refractivity contribution in [1.29, 1.82) is 0 Å². The number of hydrogen-bond acceptors (Lipinski definition) is 5. The minimum atomic E-state index is -0.434. The van der Waals surface area contributed by atoms with Crippen molar-refractivity contribution in [3.05, 3.63) is 55.6 Å². The topological polar surface area (TPSA) is 51.5 Å². The summed E-state index contributed by atoms with van der Waals surface area (Å²) in [6.07, 6.45) is 5.11. The van der Waals surface area contributed by atoms with Crippen LogP contribution in [0.25, 0.3) is 0 Å². The molecule has 2 heterocycles. The first-order valence-corrected chi connectivity index (χ1v) is 11.5. The van der Waals surface area contributed by atoms with E-state index in [2.05, 4.69) is 35.2 Å². The number of aromatic nitrogens is 1. The summed E-state index contributed by atoms with van der Waals surface area (Å²) in [5, 5.41) is 0.372. The van der Waals surface area contributed by atoms with Gasteiger partial charge in [0, 0.05) is 25.6 Å². The van der Waals surface area contributed by atoms with Crippen LogP contribution in [0.15, 0.2) is 35.1 Å². The van der Waals surface area contributed by atoms with Crippen molar-refractivity contribution in [3.63, 3.8) is 0 Å². The Morgan fingerprint density at radius 1 is 1.28 bits per heavy atom. The number of hydrogen-bond donors (Lipinski definition) is 0. The van der Waals surface area contributed by atoms with Gasteiger partial charge in [0.05, 0.1) is 11.5 Å². The summed E-state index contributed by atoms with van der Waals surface area (Å²) >= 11 is 7.64. The fourth-order valence-corrected chi connectivity index (χ4v) is 6.41. The molecule has 1 saturated heterocycles. The summed E-state index contributed by atoms with van der Waals surface area (Å²) in [4.78, 5) is 27.2. The Hall–Kier alpha value is -1.63. The number of benzene rings is 1. The van der Waals surface area contributed by atoms with Gasteiger partial charge in [-0.15, -0.1) is 0 Å². The minimum Gasteiger partial charge on any atom is -0.465 e. The summed E-state index contributed by atoms with van der Waals surface area (Å²) in [6, 6.07) is 10.8. The number of carbonyl (C=O) groups excluding carboxylic acids is 1. The maximum atomic E-state index is 12.4. The zero-order chi connectivity index (χ0) is 20.4. The van der Waals surface area contributed by atoms with Gasteiger partial charge in [0.15, 0.2) is 0 Å². The van der Waals surface area contributed by atoms with Crippen LogP contribution in [0.3, 0.4) is 0 Å². The molecule has 1 aliphatic heterocycles. The lowest BCUT2D eigenvalue weighted by Gasteiger charge is -2.30. The van der Waals surface area contributed by atoms with Crippen LogP contribution in [0.5, 0.6) is 0 Å². The summed E-state index contributed by atoms with van der Waals surface area (Å²) in [5.74, 6) is 0.0828. The number of rotatable bonds is 6. The molecule has 4 rings (SSSR count). The molecule has 2 aromatic rings. The molecule has 7 heteroatoms. The van der Waals surface area contributed by atoms with Gasteiger partial charge in [0.25, 0.3) is 0 Å². The predicted octanol–water partition coefficient (Wildman–Crippen LogP) is 4.29. The van der Waals surface area contributed by atoms with Crippen LogP contribution in [-0.4, -0.2) is 35.1 Å². The zero-order valence-electron chi connectivity index (χ0n) is 16.7. The van der Waals surface area contributed by atoms with Gasteiger partial charge in [-0.3, -0.25) is 19.1 Å². The highest BCUT2D eigenvalue weighted by atomic mass is 35.5. The molecule has 1 aliphatic carbocycles. The van der Waals surface area contributed by atoms with Gasteiger partial charge in [-0.1, -0.05) is 66.1 Å². The van der Waals surface area contributed by atoms with E-state index in [0.717, 1.165) is 29.3 Å². The number of esters is 1. The number of thiazole rings is 1. The lowest BCUT2D eigenvalue weighted by Crippen LogP contribution is -2.26. The van der Waals surface area contributed by atoms with Gasteiger partial charge < -0.3 is 4.74 Å². The first-order valence-electron chi connectivity index (χ1n) is 10.3. The maximum Gasteiger partial charge on any atom is 0.326 e. The van der Waals surface area contributed by atoms with Crippen LogP contribution < -0.4 is 4.87 Å². The second kappa shape index (κ2) is 8.62. The third-order valence-electron chi connectivity index (χ3n) is 6.38. The van der Waals surface area contributed by atoms with Crippen LogP contribution in [0.4, 0.5) is 0 Å². The van der Waals surface area contributed by atoms with Crippen molar-refractivity contribution in [2.45, 2.75) is 51.6 Å². The summed E-state index contributed by atoms with van der Waals surface area (Å²) in [5.41, 5.74) is 1.74. The Morgan fingerprint density at radius 2 is 2.00 bits per heavy atom. The smallest absolute Gasteiger partial charge is 0.326 e. The van der Waals surface area contributed by atoms with E-state index in [-0.39, 0.29) is 11.4 Å². The molecule has 156 valence electrons. The first kappa shape index (κ1) is 20.6. The average molecular weight is 435 g/mol. The van der Waals surface area contributed by atoms with Crippen LogP contribution in [-0.2, 0) is 22.6 Å². The van der Waals surface area contributed by atoms with E-state index in [0.29, 0.717) is 29.6 Å². The van der Waals surface area contributed by atoms with Crippen molar-refractivity contribution in [1.82, 2.24) is 9.47 Å². The van der Waals surface area contributed by atoms with E-state index in [1.807, 2.05) is 0 Å². The largest absolute Gasteiger partial charge is 0.465 e. The van der Waals surface area contributed by atoms with Gasteiger partial charge in [-0.2, -0.15) is 0 Å². The van der Waals surface area contributed by atoms with E-state index in [4.69, 9.17) is 16.3 Å². The van der Waals surface area contributed by atoms with Crippen molar-refractivity contribution in [3.8, 4) is 0 Å². The van der Waals surface area contributed by atoms with Gasteiger partial charge in [-0.25, -0.2) is 0 Å². The third-order valence-corrected chi connectivity index (χ3v) is 7.89. The van der Waals surface area contributed by atoms with Crippen molar-refractivity contribution >= 4 is 28.9 Å². The Bertz CT molecular complexity index is 918. The standard InChI is InChI=1S/C22H27ClN2O3S/c1-2-28-19(26)14-25-20(23)18(29-21(25)27)13-24-12-17(16-8-4-3-5-9-16)22(15-24)10-6-7-11-22/h3-5,8-9,17H,2,6-7,10-15H2,1H3/t17-/m1/s1. The predicted molar refractivity (Wildman–Crippen MR) is 116 cm³/mol. The number of nitrogens with zero attached hydrogens (tertiary/aromatic N) is 2. The monoisotopic (exact) mass is 434 g/mol. The molecule has 0 N–H and O–H groups in total. The first-order chi connectivity index (χ1) is 14.0. The van der Waals surface area contributed by atoms with Crippen LogP contribution >= 0.6 is 22.9 Å². The molecule has 1 aromatic carbocycles. The highest BCUT2D eigenvalue weighted by molar-refractivity contribution is 7.09. The molecule has 1 atom stereocenters. The number of carbonyl (C=O) groups is 1. The van der Waals surface area contributed by atoms with Crippen molar-refractivity contribution in [2.24, 2.45) is 5.41 Å². The SMILES string of the molecule is CCOC(=O)Cn1c(Cl)c(CN2C[C@H](c3ccccc3)C3(CCCC3)C2)sc1=O. The maximum absolute atomic E-state index is 12.4. The fourth-order valence-electron chi connectivity index (χ4n) is 5.13. The molecular formula is C22H27ClN2O3S. The van der Waals surface area contributed by atoms with E-state index in [1.165, 1.54) is 35.8 Å². The normalized spacial score (nSPS) is 21.1. The average Bonchev–Trinajstić information content (AvgIpc) is 3.39. The van der Waals surface area contributed by atoms with Crippen LogP contribution in [0, 0.1) is 5.41 Å². The van der Waals surface area contributed by atoms with Gasteiger partial charge in [0.1, 0.15) is 11.7 Å². The molecule has 5 nitrogen and oxygen atoms in total. The minimum absolute atomic E-state index is 0.126. The van der Waals surface area contributed by atoms with Gasteiger partial charge in [-0.05, 0) is 30.7 Å². The second-order valence-electron chi connectivity index (χ2n) is 8.18. The Kier molecular flexibility index (Phi) is 6.13. The number of likely N-dealkylation sites (tertiary alicyclic amines) is 1. The fraction of sp³-hybridized carbons (Fsp3) is 0.545. The molecular weight excluding hydrogens is 408 g/mol. The molecule has 2 fully saturated rings. The van der Waals surface area contributed by atoms with Gasteiger partial charge in [0.2, 0.25) is 0 Å².